The zero-order valence-corrected chi connectivity index (χ0v) is 10.7. The Morgan fingerprint density at radius 3 is 2.74 bits per heavy atom. The maximum absolute atomic E-state index is 11.9. The maximum Gasteiger partial charge on any atom is 0.306 e. The molecule has 2 rings (SSSR count). The van der Waals surface area contributed by atoms with Crippen LogP contribution in [0.2, 0.25) is 0 Å². The number of carbonyl (C=O) groups is 2. The molecule has 102 valence electrons. The predicted octanol–water partition coefficient (Wildman–Crippen LogP) is 1.24. The van der Waals surface area contributed by atoms with Crippen LogP contribution >= 0.6 is 0 Å². The highest BCUT2D eigenvalue weighted by Crippen LogP contribution is 2.30. The van der Waals surface area contributed by atoms with Gasteiger partial charge in [-0.1, -0.05) is 6.07 Å². The molecule has 1 heterocycles. The van der Waals surface area contributed by atoms with Gasteiger partial charge in [0.05, 0.1) is 5.92 Å². The summed E-state index contributed by atoms with van der Waals surface area (Å²) in [6.45, 7) is 0.546. The minimum atomic E-state index is -0.788. The van der Waals surface area contributed by atoms with E-state index in [-0.39, 0.29) is 17.7 Å². The lowest BCUT2D eigenvalue weighted by Crippen LogP contribution is -2.31. The summed E-state index contributed by atoms with van der Waals surface area (Å²) in [5.41, 5.74) is 0.942. The smallest absolute Gasteiger partial charge is 0.306 e. The van der Waals surface area contributed by atoms with E-state index in [0.29, 0.717) is 32.2 Å². The van der Waals surface area contributed by atoms with Gasteiger partial charge in [-0.15, -0.1) is 0 Å². The van der Waals surface area contributed by atoms with Crippen molar-refractivity contribution in [2.75, 3.05) is 6.54 Å². The number of aromatic nitrogens is 1. The van der Waals surface area contributed by atoms with Crippen molar-refractivity contribution in [3.05, 3.63) is 30.1 Å². The van der Waals surface area contributed by atoms with Crippen molar-refractivity contribution < 1.29 is 14.7 Å². The minimum Gasteiger partial charge on any atom is -0.481 e. The average Bonchev–Trinajstić information content (AvgIpc) is 2.89. The summed E-state index contributed by atoms with van der Waals surface area (Å²) in [6.07, 6.45) is 4.16. The van der Waals surface area contributed by atoms with Crippen LogP contribution in [0.3, 0.4) is 0 Å². The topological polar surface area (TPSA) is 79.3 Å². The first kappa shape index (κ1) is 13.5. The van der Waals surface area contributed by atoms with Crippen molar-refractivity contribution in [1.82, 2.24) is 10.3 Å². The predicted molar refractivity (Wildman–Crippen MR) is 69.4 cm³/mol. The van der Waals surface area contributed by atoms with Gasteiger partial charge in [0.25, 0.3) is 0 Å². The molecule has 1 saturated carbocycles. The van der Waals surface area contributed by atoms with Crippen molar-refractivity contribution in [2.45, 2.75) is 25.7 Å². The molecule has 5 heteroatoms. The fraction of sp³-hybridized carbons (Fsp3) is 0.500. The van der Waals surface area contributed by atoms with Crippen LogP contribution in [0.1, 0.15) is 25.0 Å². The highest BCUT2D eigenvalue weighted by atomic mass is 16.4. The molecule has 1 aromatic rings. The number of carbonyl (C=O) groups excluding carboxylic acids is 1. The molecule has 0 unspecified atom stereocenters. The molecular weight excluding hydrogens is 244 g/mol. The molecule has 0 aromatic carbocycles. The van der Waals surface area contributed by atoms with E-state index >= 15 is 0 Å². The van der Waals surface area contributed by atoms with Crippen LogP contribution < -0.4 is 5.32 Å². The standard InChI is InChI=1S/C14H18N2O3/c17-13(10-4-5-11(9-10)14(18)19)16-8-6-12-3-1-2-7-15-12/h1-3,7,10-11H,4-6,8-9H2,(H,16,17)(H,18,19)/t10-,11+/m0/s1. The molecule has 1 amide bonds. The van der Waals surface area contributed by atoms with Crippen molar-refractivity contribution in [3.63, 3.8) is 0 Å². The summed E-state index contributed by atoms with van der Waals surface area (Å²) in [7, 11) is 0. The molecule has 19 heavy (non-hydrogen) atoms. The Hall–Kier alpha value is -1.91. The molecule has 1 aliphatic rings. The molecule has 2 atom stereocenters. The third kappa shape index (κ3) is 3.77. The number of amides is 1. The fourth-order valence-corrected chi connectivity index (χ4v) is 2.45. The molecular formula is C14H18N2O3. The summed E-state index contributed by atoms with van der Waals surface area (Å²) >= 11 is 0. The van der Waals surface area contributed by atoms with Crippen molar-refractivity contribution in [3.8, 4) is 0 Å². The first-order valence-electron chi connectivity index (χ1n) is 6.57. The number of nitrogens with one attached hydrogen (secondary N) is 1. The largest absolute Gasteiger partial charge is 0.481 e. The van der Waals surface area contributed by atoms with Crippen LogP contribution in [0.5, 0.6) is 0 Å². The molecule has 0 aliphatic heterocycles. The van der Waals surface area contributed by atoms with Gasteiger partial charge in [-0.25, -0.2) is 0 Å². The molecule has 0 spiro atoms. The van der Waals surface area contributed by atoms with Gasteiger partial charge in [0, 0.05) is 30.8 Å². The Balaban J connectivity index is 1.72. The van der Waals surface area contributed by atoms with E-state index in [1.807, 2.05) is 18.2 Å². The normalized spacial score (nSPS) is 22.1. The maximum atomic E-state index is 11.9. The number of carboxylic acids is 1. The number of aliphatic carboxylic acids is 1. The van der Waals surface area contributed by atoms with Gasteiger partial charge in [0.1, 0.15) is 0 Å². The number of rotatable bonds is 5. The first-order valence-corrected chi connectivity index (χ1v) is 6.57. The molecule has 1 aliphatic carbocycles. The van der Waals surface area contributed by atoms with Crippen LogP contribution in [0.4, 0.5) is 0 Å². The van der Waals surface area contributed by atoms with Gasteiger partial charge in [0.15, 0.2) is 0 Å². The molecule has 2 N–H and O–H groups in total. The van der Waals surface area contributed by atoms with Crippen molar-refractivity contribution in [2.24, 2.45) is 11.8 Å². The number of carboxylic acid groups (broad SMARTS) is 1. The van der Waals surface area contributed by atoms with Crippen molar-refractivity contribution in [1.29, 1.82) is 0 Å². The van der Waals surface area contributed by atoms with E-state index in [2.05, 4.69) is 10.3 Å². The Kier molecular flexibility index (Phi) is 4.49. The quantitative estimate of drug-likeness (QED) is 0.836. The zero-order chi connectivity index (χ0) is 13.7. The third-order valence-corrected chi connectivity index (χ3v) is 3.56. The van der Waals surface area contributed by atoms with Gasteiger partial charge in [0.2, 0.25) is 5.91 Å². The summed E-state index contributed by atoms with van der Waals surface area (Å²) in [5, 5.41) is 11.8. The lowest BCUT2D eigenvalue weighted by molar-refractivity contribution is -0.141. The summed E-state index contributed by atoms with van der Waals surface area (Å²) in [4.78, 5) is 26.9. The molecule has 0 radical (unpaired) electrons. The fourth-order valence-electron chi connectivity index (χ4n) is 2.45. The van der Waals surface area contributed by atoms with Crippen molar-refractivity contribution >= 4 is 11.9 Å². The Bertz CT molecular complexity index is 447. The van der Waals surface area contributed by atoms with E-state index < -0.39 is 5.97 Å². The molecule has 1 fully saturated rings. The first-order chi connectivity index (χ1) is 9.16. The number of pyridine rings is 1. The van der Waals surface area contributed by atoms with Crippen LogP contribution in [0.15, 0.2) is 24.4 Å². The molecule has 0 saturated heterocycles. The van der Waals surface area contributed by atoms with E-state index in [4.69, 9.17) is 5.11 Å². The Morgan fingerprint density at radius 1 is 1.32 bits per heavy atom. The average molecular weight is 262 g/mol. The lowest BCUT2D eigenvalue weighted by atomic mass is 10.0. The van der Waals surface area contributed by atoms with E-state index in [0.717, 1.165) is 5.69 Å². The lowest BCUT2D eigenvalue weighted by Gasteiger charge is -2.10. The van der Waals surface area contributed by atoms with E-state index in [1.165, 1.54) is 0 Å². The van der Waals surface area contributed by atoms with E-state index in [1.54, 1.807) is 6.20 Å². The Morgan fingerprint density at radius 2 is 2.11 bits per heavy atom. The Labute approximate surface area is 112 Å². The number of hydrogen-bond acceptors (Lipinski definition) is 3. The van der Waals surface area contributed by atoms with Gasteiger partial charge in [-0.05, 0) is 31.4 Å². The monoisotopic (exact) mass is 262 g/mol. The minimum absolute atomic E-state index is 0.0281. The summed E-state index contributed by atoms with van der Waals surface area (Å²) < 4.78 is 0. The van der Waals surface area contributed by atoms with Gasteiger partial charge in [-0.2, -0.15) is 0 Å². The summed E-state index contributed by atoms with van der Waals surface area (Å²) in [5.74, 6) is -1.32. The SMILES string of the molecule is O=C(O)[C@@H]1CC[C@H](C(=O)NCCc2ccccn2)C1. The highest BCUT2D eigenvalue weighted by Gasteiger charge is 2.33. The van der Waals surface area contributed by atoms with Gasteiger partial charge < -0.3 is 10.4 Å². The zero-order valence-electron chi connectivity index (χ0n) is 10.7. The van der Waals surface area contributed by atoms with Gasteiger partial charge >= 0.3 is 5.97 Å². The van der Waals surface area contributed by atoms with Crippen LogP contribution in [0, 0.1) is 11.8 Å². The molecule has 5 nitrogen and oxygen atoms in total. The number of nitrogens with zero attached hydrogens (tertiary/aromatic N) is 1. The van der Waals surface area contributed by atoms with Crippen LogP contribution in [-0.4, -0.2) is 28.5 Å². The third-order valence-electron chi connectivity index (χ3n) is 3.56. The number of hydrogen-bond donors (Lipinski definition) is 2. The second kappa shape index (κ2) is 6.31. The van der Waals surface area contributed by atoms with Crippen LogP contribution in [-0.2, 0) is 16.0 Å². The molecule has 0 bridgehead atoms. The molecule has 1 aromatic heterocycles. The van der Waals surface area contributed by atoms with Crippen LogP contribution in [0.25, 0.3) is 0 Å². The second-order valence-corrected chi connectivity index (χ2v) is 4.91. The van der Waals surface area contributed by atoms with Gasteiger partial charge in [-0.3, -0.25) is 14.6 Å². The second-order valence-electron chi connectivity index (χ2n) is 4.91. The van der Waals surface area contributed by atoms with E-state index in [9.17, 15) is 9.59 Å². The highest BCUT2D eigenvalue weighted by molar-refractivity contribution is 5.80. The summed E-state index contributed by atoms with van der Waals surface area (Å²) in [6, 6.07) is 5.69.